The number of aryl methyl sites for hydroxylation is 4. The molecule has 1 heterocycles. The number of hydrogen-bond donors (Lipinski definition) is 1. The number of nitrogens with zero attached hydrogens (tertiary/aromatic N) is 1. The molecule has 1 N–H and O–H groups in total. The minimum Gasteiger partial charge on any atom is -0.348 e. The third-order valence-corrected chi connectivity index (χ3v) is 3.92. The zero-order chi connectivity index (χ0) is 13.3. The van der Waals surface area contributed by atoms with E-state index in [2.05, 4.69) is 49.8 Å². The number of hydrogen-bond acceptors (Lipinski definition) is 1. The summed E-state index contributed by atoms with van der Waals surface area (Å²) >= 11 is 0. The van der Waals surface area contributed by atoms with Gasteiger partial charge in [-0.3, -0.25) is 0 Å². The fraction of sp³-hybridized carbons (Fsp3) is 0.500. The Balaban J connectivity index is 2.55. The second kappa shape index (κ2) is 5.15. The Bertz CT molecular complexity index is 564. The number of fused-ring (bicyclic) bond motifs is 1. The van der Waals surface area contributed by atoms with Crippen molar-refractivity contribution in [1.82, 2.24) is 9.88 Å². The molecule has 1 aromatic heterocycles. The third kappa shape index (κ3) is 2.17. The fourth-order valence-electron chi connectivity index (χ4n) is 2.91. The molecular formula is C16H24N2. The standard InChI is InChI=1S/C16H24N2/c1-11-9-12(2)16-14(7-6-8-17-4)13(3)18(5)15(16)10-11/h9-10,17H,6-8H2,1-5H3. The van der Waals surface area contributed by atoms with E-state index >= 15 is 0 Å². The molecule has 2 heteroatoms. The smallest absolute Gasteiger partial charge is 0.0488 e. The zero-order valence-electron chi connectivity index (χ0n) is 12.2. The van der Waals surface area contributed by atoms with Gasteiger partial charge in [0.1, 0.15) is 0 Å². The van der Waals surface area contributed by atoms with Crippen molar-refractivity contribution >= 4 is 10.9 Å². The SMILES string of the molecule is CNCCCc1c(C)n(C)c2cc(C)cc(C)c12. The highest BCUT2D eigenvalue weighted by molar-refractivity contribution is 5.89. The van der Waals surface area contributed by atoms with Gasteiger partial charge >= 0.3 is 0 Å². The van der Waals surface area contributed by atoms with E-state index in [4.69, 9.17) is 0 Å². The molecule has 0 bridgehead atoms. The van der Waals surface area contributed by atoms with Crippen LogP contribution in [0.5, 0.6) is 0 Å². The van der Waals surface area contributed by atoms with Crippen LogP contribution in [0.25, 0.3) is 10.9 Å². The van der Waals surface area contributed by atoms with Crippen LogP contribution < -0.4 is 5.32 Å². The van der Waals surface area contributed by atoms with E-state index in [9.17, 15) is 0 Å². The lowest BCUT2D eigenvalue weighted by molar-refractivity contribution is 0.721. The molecular weight excluding hydrogens is 220 g/mol. The maximum atomic E-state index is 3.23. The van der Waals surface area contributed by atoms with Gasteiger partial charge in [0, 0.05) is 23.6 Å². The van der Waals surface area contributed by atoms with Gasteiger partial charge in [0.2, 0.25) is 0 Å². The summed E-state index contributed by atoms with van der Waals surface area (Å²) < 4.78 is 2.34. The molecule has 18 heavy (non-hydrogen) atoms. The van der Waals surface area contributed by atoms with Crippen LogP contribution in [0.2, 0.25) is 0 Å². The van der Waals surface area contributed by atoms with Crippen LogP contribution in [0.1, 0.15) is 28.8 Å². The molecule has 0 amide bonds. The molecule has 0 saturated heterocycles. The normalized spacial score (nSPS) is 11.4. The Morgan fingerprint density at radius 2 is 1.89 bits per heavy atom. The molecule has 0 spiro atoms. The van der Waals surface area contributed by atoms with E-state index in [0.717, 1.165) is 13.0 Å². The Morgan fingerprint density at radius 1 is 1.17 bits per heavy atom. The molecule has 0 unspecified atom stereocenters. The monoisotopic (exact) mass is 244 g/mol. The van der Waals surface area contributed by atoms with Crippen LogP contribution in [0.3, 0.4) is 0 Å². The Kier molecular flexibility index (Phi) is 3.76. The second-order valence-corrected chi connectivity index (χ2v) is 5.31. The summed E-state index contributed by atoms with van der Waals surface area (Å²) in [6.45, 7) is 7.73. The largest absolute Gasteiger partial charge is 0.348 e. The minimum atomic E-state index is 1.08. The third-order valence-electron chi connectivity index (χ3n) is 3.92. The lowest BCUT2D eigenvalue weighted by Gasteiger charge is -2.04. The first-order valence-corrected chi connectivity index (χ1v) is 6.76. The molecule has 98 valence electrons. The minimum absolute atomic E-state index is 1.08. The van der Waals surface area contributed by atoms with Gasteiger partial charge in [0.25, 0.3) is 0 Å². The summed E-state index contributed by atoms with van der Waals surface area (Å²) in [6.07, 6.45) is 2.36. The topological polar surface area (TPSA) is 17.0 Å². The van der Waals surface area contributed by atoms with Gasteiger partial charge in [-0.2, -0.15) is 0 Å². The Labute approximate surface area is 110 Å². The molecule has 2 aromatic rings. The van der Waals surface area contributed by atoms with Crippen molar-refractivity contribution in [3.8, 4) is 0 Å². The number of benzene rings is 1. The maximum absolute atomic E-state index is 3.23. The molecule has 2 nitrogen and oxygen atoms in total. The van der Waals surface area contributed by atoms with E-state index < -0.39 is 0 Å². The van der Waals surface area contributed by atoms with Crippen LogP contribution in [0.4, 0.5) is 0 Å². The van der Waals surface area contributed by atoms with Crippen LogP contribution in [-0.4, -0.2) is 18.2 Å². The lowest BCUT2D eigenvalue weighted by atomic mass is 10.0. The lowest BCUT2D eigenvalue weighted by Crippen LogP contribution is -2.08. The van der Waals surface area contributed by atoms with Crippen LogP contribution in [-0.2, 0) is 13.5 Å². The van der Waals surface area contributed by atoms with Gasteiger partial charge in [-0.1, -0.05) is 6.07 Å². The first-order valence-electron chi connectivity index (χ1n) is 6.76. The first kappa shape index (κ1) is 13.2. The van der Waals surface area contributed by atoms with Crippen molar-refractivity contribution in [1.29, 1.82) is 0 Å². The Hall–Kier alpha value is -1.28. The molecule has 0 aliphatic rings. The van der Waals surface area contributed by atoms with Crippen LogP contribution in [0, 0.1) is 20.8 Å². The fourth-order valence-corrected chi connectivity index (χ4v) is 2.91. The summed E-state index contributed by atoms with van der Waals surface area (Å²) in [6, 6.07) is 4.60. The van der Waals surface area contributed by atoms with E-state index in [1.165, 1.54) is 39.7 Å². The van der Waals surface area contributed by atoms with Gasteiger partial charge in [0.05, 0.1) is 0 Å². The highest BCUT2D eigenvalue weighted by atomic mass is 14.9. The van der Waals surface area contributed by atoms with E-state index in [1.807, 2.05) is 7.05 Å². The van der Waals surface area contributed by atoms with E-state index in [1.54, 1.807) is 0 Å². The average molecular weight is 244 g/mol. The van der Waals surface area contributed by atoms with Crippen molar-refractivity contribution in [2.75, 3.05) is 13.6 Å². The molecule has 0 radical (unpaired) electrons. The van der Waals surface area contributed by atoms with Gasteiger partial charge in [-0.15, -0.1) is 0 Å². The van der Waals surface area contributed by atoms with Gasteiger partial charge in [-0.05, 0) is 70.0 Å². The van der Waals surface area contributed by atoms with Crippen LogP contribution in [0.15, 0.2) is 12.1 Å². The maximum Gasteiger partial charge on any atom is 0.0488 e. The highest BCUT2D eigenvalue weighted by Crippen LogP contribution is 2.29. The summed E-state index contributed by atoms with van der Waals surface area (Å²) in [7, 11) is 4.20. The number of nitrogens with one attached hydrogen (secondary N) is 1. The summed E-state index contributed by atoms with van der Waals surface area (Å²) in [4.78, 5) is 0. The summed E-state index contributed by atoms with van der Waals surface area (Å²) in [5, 5.41) is 4.70. The highest BCUT2D eigenvalue weighted by Gasteiger charge is 2.13. The van der Waals surface area contributed by atoms with Crippen molar-refractivity contribution < 1.29 is 0 Å². The molecule has 0 atom stereocenters. The van der Waals surface area contributed by atoms with E-state index in [-0.39, 0.29) is 0 Å². The first-order chi connectivity index (χ1) is 8.56. The molecule has 0 saturated carbocycles. The molecule has 0 fully saturated rings. The predicted molar refractivity (Wildman–Crippen MR) is 79.4 cm³/mol. The Morgan fingerprint density at radius 3 is 2.56 bits per heavy atom. The second-order valence-electron chi connectivity index (χ2n) is 5.31. The van der Waals surface area contributed by atoms with Gasteiger partial charge in [-0.25, -0.2) is 0 Å². The zero-order valence-corrected chi connectivity index (χ0v) is 12.2. The van der Waals surface area contributed by atoms with Crippen molar-refractivity contribution in [2.45, 2.75) is 33.6 Å². The average Bonchev–Trinajstić information content (AvgIpc) is 2.55. The molecule has 0 aliphatic carbocycles. The van der Waals surface area contributed by atoms with Crippen molar-refractivity contribution in [3.05, 3.63) is 34.5 Å². The van der Waals surface area contributed by atoms with Crippen LogP contribution >= 0.6 is 0 Å². The number of aromatic nitrogens is 1. The quantitative estimate of drug-likeness (QED) is 0.817. The molecule has 0 aliphatic heterocycles. The van der Waals surface area contributed by atoms with Crippen molar-refractivity contribution in [2.24, 2.45) is 7.05 Å². The predicted octanol–water partition coefficient (Wildman–Crippen LogP) is 3.26. The summed E-state index contributed by atoms with van der Waals surface area (Å²) in [5.74, 6) is 0. The van der Waals surface area contributed by atoms with Gasteiger partial charge < -0.3 is 9.88 Å². The van der Waals surface area contributed by atoms with Crippen molar-refractivity contribution in [3.63, 3.8) is 0 Å². The van der Waals surface area contributed by atoms with Gasteiger partial charge in [0.15, 0.2) is 0 Å². The molecule has 2 rings (SSSR count). The van der Waals surface area contributed by atoms with E-state index in [0.29, 0.717) is 0 Å². The summed E-state index contributed by atoms with van der Waals surface area (Å²) in [5.41, 5.74) is 7.08. The molecule has 1 aromatic carbocycles. The number of rotatable bonds is 4.